The van der Waals surface area contributed by atoms with Crippen LogP contribution in [0.1, 0.15) is 27.7 Å². The highest BCUT2D eigenvalue weighted by atomic mass is 16.2. The summed E-state index contributed by atoms with van der Waals surface area (Å²) in [4.78, 5) is 11.1. The highest BCUT2D eigenvalue weighted by Gasteiger charge is 2.35. The van der Waals surface area contributed by atoms with Gasteiger partial charge in [-0.1, -0.05) is 27.7 Å². The van der Waals surface area contributed by atoms with E-state index < -0.39 is 0 Å². The van der Waals surface area contributed by atoms with E-state index in [0.717, 1.165) is 0 Å². The lowest BCUT2D eigenvalue weighted by atomic mass is 9.90. The Balaban J connectivity index is 2.65. The van der Waals surface area contributed by atoms with Gasteiger partial charge in [0, 0.05) is 0 Å². The second-order valence-electron chi connectivity index (χ2n) is 4.16. The molecule has 3 nitrogen and oxygen atoms in total. The van der Waals surface area contributed by atoms with Crippen LogP contribution in [0.2, 0.25) is 0 Å². The minimum atomic E-state index is -0.0209. The summed E-state index contributed by atoms with van der Waals surface area (Å²) in [5.41, 5.74) is 0. The maximum atomic E-state index is 11.1. The molecular formula is C9H18N2O. The summed E-state index contributed by atoms with van der Waals surface area (Å²) in [5, 5.41) is 5.87. The standard InChI is InChI=1S/C9H18N2O/c1-5(2)7-8(6(3)4)11-9(12)10-7/h5-8H,1-4H3,(H2,10,11,12). The second-order valence-corrected chi connectivity index (χ2v) is 4.16. The second kappa shape index (κ2) is 3.33. The molecule has 0 bridgehead atoms. The Morgan fingerprint density at radius 2 is 1.33 bits per heavy atom. The number of carbonyl (C=O) groups excluding carboxylic acids is 1. The number of rotatable bonds is 2. The first-order chi connectivity index (χ1) is 5.52. The molecule has 0 aromatic carbocycles. The van der Waals surface area contributed by atoms with E-state index in [-0.39, 0.29) is 18.1 Å². The van der Waals surface area contributed by atoms with Crippen LogP contribution in [0.15, 0.2) is 0 Å². The lowest BCUT2D eigenvalue weighted by molar-refractivity contribution is 0.246. The monoisotopic (exact) mass is 170 g/mol. The predicted molar refractivity (Wildman–Crippen MR) is 48.9 cm³/mol. The van der Waals surface area contributed by atoms with Crippen molar-refractivity contribution in [1.29, 1.82) is 0 Å². The summed E-state index contributed by atoms with van der Waals surface area (Å²) in [6, 6.07) is 0.558. The number of amides is 2. The average molecular weight is 170 g/mol. The van der Waals surface area contributed by atoms with Gasteiger partial charge in [0.25, 0.3) is 0 Å². The fourth-order valence-corrected chi connectivity index (χ4v) is 1.69. The molecule has 2 unspecified atom stereocenters. The zero-order chi connectivity index (χ0) is 9.30. The number of urea groups is 1. The van der Waals surface area contributed by atoms with Gasteiger partial charge in [-0.3, -0.25) is 0 Å². The summed E-state index contributed by atoms with van der Waals surface area (Å²) >= 11 is 0. The smallest absolute Gasteiger partial charge is 0.315 e. The van der Waals surface area contributed by atoms with Crippen molar-refractivity contribution in [2.75, 3.05) is 0 Å². The molecule has 0 aromatic heterocycles. The van der Waals surface area contributed by atoms with E-state index in [0.29, 0.717) is 11.8 Å². The van der Waals surface area contributed by atoms with Crippen molar-refractivity contribution in [2.45, 2.75) is 39.8 Å². The van der Waals surface area contributed by atoms with Gasteiger partial charge in [0.1, 0.15) is 0 Å². The maximum Gasteiger partial charge on any atom is 0.315 e. The number of hydrogen-bond acceptors (Lipinski definition) is 1. The van der Waals surface area contributed by atoms with Crippen LogP contribution in [0, 0.1) is 11.8 Å². The molecule has 1 rings (SSSR count). The molecule has 1 fully saturated rings. The molecule has 0 spiro atoms. The van der Waals surface area contributed by atoms with E-state index in [1.807, 2.05) is 0 Å². The number of nitrogens with one attached hydrogen (secondary N) is 2. The summed E-state index contributed by atoms with van der Waals surface area (Å²) in [6.07, 6.45) is 0. The van der Waals surface area contributed by atoms with Gasteiger partial charge in [-0.25, -0.2) is 4.79 Å². The van der Waals surface area contributed by atoms with Gasteiger partial charge < -0.3 is 10.6 Å². The molecule has 2 N–H and O–H groups in total. The summed E-state index contributed by atoms with van der Waals surface area (Å²) < 4.78 is 0. The zero-order valence-electron chi connectivity index (χ0n) is 8.22. The largest absolute Gasteiger partial charge is 0.333 e. The van der Waals surface area contributed by atoms with Crippen molar-refractivity contribution in [1.82, 2.24) is 10.6 Å². The van der Waals surface area contributed by atoms with Crippen molar-refractivity contribution in [3.05, 3.63) is 0 Å². The van der Waals surface area contributed by atoms with Gasteiger partial charge in [-0.2, -0.15) is 0 Å². The van der Waals surface area contributed by atoms with Crippen LogP contribution < -0.4 is 10.6 Å². The Bertz CT molecular complexity index is 159. The van der Waals surface area contributed by atoms with Crippen LogP contribution >= 0.6 is 0 Å². The van der Waals surface area contributed by atoms with Crippen LogP contribution in [0.4, 0.5) is 4.79 Å². The molecule has 70 valence electrons. The van der Waals surface area contributed by atoms with Crippen molar-refractivity contribution in [3.63, 3.8) is 0 Å². The highest BCUT2D eigenvalue weighted by molar-refractivity contribution is 5.77. The van der Waals surface area contributed by atoms with Gasteiger partial charge in [0.05, 0.1) is 12.1 Å². The quantitative estimate of drug-likeness (QED) is 0.645. The molecule has 2 atom stereocenters. The van der Waals surface area contributed by atoms with E-state index in [1.165, 1.54) is 0 Å². The molecular weight excluding hydrogens is 152 g/mol. The third kappa shape index (κ3) is 1.71. The molecule has 1 aliphatic rings. The normalized spacial score (nSPS) is 29.3. The van der Waals surface area contributed by atoms with Crippen LogP contribution in [0.25, 0.3) is 0 Å². The first-order valence-electron chi connectivity index (χ1n) is 4.59. The Kier molecular flexibility index (Phi) is 2.60. The Morgan fingerprint density at radius 3 is 1.58 bits per heavy atom. The van der Waals surface area contributed by atoms with Crippen LogP contribution in [-0.2, 0) is 0 Å². The first-order valence-corrected chi connectivity index (χ1v) is 4.59. The van der Waals surface area contributed by atoms with E-state index in [9.17, 15) is 4.79 Å². The van der Waals surface area contributed by atoms with Crippen molar-refractivity contribution >= 4 is 6.03 Å². The third-order valence-electron chi connectivity index (χ3n) is 2.42. The molecule has 0 saturated carbocycles. The van der Waals surface area contributed by atoms with Crippen LogP contribution in [0.3, 0.4) is 0 Å². The van der Waals surface area contributed by atoms with Crippen molar-refractivity contribution in [3.8, 4) is 0 Å². The minimum Gasteiger partial charge on any atom is -0.333 e. The maximum absolute atomic E-state index is 11.1. The lowest BCUT2D eigenvalue weighted by Gasteiger charge is -2.24. The van der Waals surface area contributed by atoms with Gasteiger partial charge in [-0.15, -0.1) is 0 Å². The van der Waals surface area contributed by atoms with E-state index in [2.05, 4.69) is 38.3 Å². The summed E-state index contributed by atoms with van der Waals surface area (Å²) in [5.74, 6) is 0.993. The van der Waals surface area contributed by atoms with Crippen molar-refractivity contribution in [2.24, 2.45) is 11.8 Å². The van der Waals surface area contributed by atoms with Crippen LogP contribution in [0.5, 0.6) is 0 Å². The van der Waals surface area contributed by atoms with E-state index >= 15 is 0 Å². The first kappa shape index (κ1) is 9.36. The fourth-order valence-electron chi connectivity index (χ4n) is 1.69. The van der Waals surface area contributed by atoms with Crippen molar-refractivity contribution < 1.29 is 4.79 Å². The summed E-state index contributed by atoms with van der Waals surface area (Å²) in [7, 11) is 0. The predicted octanol–water partition coefficient (Wildman–Crippen LogP) is 1.35. The van der Waals surface area contributed by atoms with E-state index in [1.54, 1.807) is 0 Å². The molecule has 3 heteroatoms. The van der Waals surface area contributed by atoms with Gasteiger partial charge in [0.2, 0.25) is 0 Å². The summed E-state index contributed by atoms with van der Waals surface area (Å²) in [6.45, 7) is 8.53. The average Bonchev–Trinajstić information content (AvgIpc) is 2.31. The minimum absolute atomic E-state index is 0.0209. The molecule has 0 aliphatic carbocycles. The Morgan fingerprint density at radius 1 is 1.00 bits per heavy atom. The number of carbonyl (C=O) groups is 1. The molecule has 0 aromatic rings. The van der Waals surface area contributed by atoms with Gasteiger partial charge in [0.15, 0.2) is 0 Å². The molecule has 1 heterocycles. The molecule has 1 saturated heterocycles. The number of hydrogen-bond donors (Lipinski definition) is 2. The van der Waals surface area contributed by atoms with E-state index in [4.69, 9.17) is 0 Å². The third-order valence-corrected chi connectivity index (χ3v) is 2.42. The lowest BCUT2D eigenvalue weighted by Crippen LogP contribution is -2.41. The fraction of sp³-hybridized carbons (Fsp3) is 0.889. The molecule has 0 radical (unpaired) electrons. The molecule has 2 amide bonds. The SMILES string of the molecule is CC(C)C1NC(=O)NC1C(C)C. The molecule has 12 heavy (non-hydrogen) atoms. The van der Waals surface area contributed by atoms with Crippen LogP contribution in [-0.4, -0.2) is 18.1 Å². The molecule has 1 aliphatic heterocycles. The topological polar surface area (TPSA) is 41.1 Å². The Hall–Kier alpha value is -0.730. The highest BCUT2D eigenvalue weighted by Crippen LogP contribution is 2.17. The zero-order valence-corrected chi connectivity index (χ0v) is 8.22. The Labute approximate surface area is 73.9 Å². The van der Waals surface area contributed by atoms with Gasteiger partial charge >= 0.3 is 6.03 Å². The van der Waals surface area contributed by atoms with Gasteiger partial charge in [-0.05, 0) is 11.8 Å².